The molecule has 0 saturated heterocycles. The van der Waals surface area contributed by atoms with Gasteiger partial charge in [-0.15, -0.1) is 0 Å². The van der Waals surface area contributed by atoms with Gasteiger partial charge in [0.15, 0.2) is 0 Å². The summed E-state index contributed by atoms with van der Waals surface area (Å²) in [6, 6.07) is 0. The third kappa shape index (κ3) is 15.9. The second-order valence-corrected chi connectivity index (χ2v) is 4.38. The third-order valence-electron chi connectivity index (χ3n) is 1.57. The van der Waals surface area contributed by atoms with Crippen LogP contribution in [0.15, 0.2) is 0 Å². The molecule has 0 aromatic rings. The molecular weight excluding hydrogens is 241 g/mol. The maximum Gasteiger partial charge on any atom is 1.00 e. The van der Waals surface area contributed by atoms with Gasteiger partial charge in [0.1, 0.15) is 0 Å². The van der Waals surface area contributed by atoms with Crippen molar-refractivity contribution >= 4 is 10.1 Å². The fraction of sp³-hybridized carbons (Fsp3) is 1.00. The van der Waals surface area contributed by atoms with Gasteiger partial charge in [-0.1, -0.05) is 12.8 Å². The topological polar surface area (TPSA) is 57.2 Å². The summed E-state index contributed by atoms with van der Waals surface area (Å²) in [6.45, 7) is 0. The van der Waals surface area contributed by atoms with Gasteiger partial charge in [-0.2, -0.15) is 0 Å². The van der Waals surface area contributed by atoms with E-state index in [-0.39, 0.29) is 70.0 Å². The maximum absolute atomic E-state index is 11.6. The van der Waals surface area contributed by atoms with Crippen LogP contribution >= 0.6 is 0 Å². The summed E-state index contributed by atoms with van der Waals surface area (Å²) in [5.74, 6) is -0.387. The van der Waals surface area contributed by atoms with E-state index < -0.39 is 16.5 Å². The zero-order chi connectivity index (χ0) is 10.3. The molecule has 0 aliphatic heterocycles. The average molecular weight is 254 g/mol. The first-order valence-corrected chi connectivity index (χ1v) is 5.71. The van der Waals surface area contributed by atoms with Gasteiger partial charge >= 0.3 is 51.4 Å². The van der Waals surface area contributed by atoms with Crippen LogP contribution in [0.5, 0.6) is 0 Å². The second-order valence-electron chi connectivity index (χ2n) is 2.86. The van der Waals surface area contributed by atoms with E-state index in [9.17, 15) is 21.8 Å². The average Bonchev–Trinajstić information content (AvgIpc) is 1.93. The molecule has 0 rings (SSSR count). The summed E-state index contributed by atoms with van der Waals surface area (Å²) in [6.07, 6.45) is -0.702. The fourth-order valence-corrected chi connectivity index (χ4v) is 1.49. The number of hydrogen-bond acceptors (Lipinski definition) is 3. The van der Waals surface area contributed by atoms with Crippen LogP contribution in [0, 0.1) is 0 Å². The van der Waals surface area contributed by atoms with E-state index in [2.05, 4.69) is 0 Å². The molecule has 0 unspecified atom stereocenters. The first-order valence-electron chi connectivity index (χ1n) is 4.13. The summed E-state index contributed by atoms with van der Waals surface area (Å²) < 4.78 is 53.5. The van der Waals surface area contributed by atoms with Gasteiger partial charge in [0.05, 0.1) is 10.1 Å². The smallest absolute Gasteiger partial charge is 0.748 e. The molecule has 3 nitrogen and oxygen atoms in total. The molecule has 0 aromatic heterocycles. The van der Waals surface area contributed by atoms with Crippen molar-refractivity contribution in [2.24, 2.45) is 0 Å². The van der Waals surface area contributed by atoms with Crippen LogP contribution in [0.1, 0.15) is 32.1 Å². The summed E-state index contributed by atoms with van der Waals surface area (Å²) >= 11 is 0. The predicted octanol–water partition coefficient (Wildman–Crippen LogP) is -1.25. The molecule has 0 fully saturated rings. The molecule has 0 aliphatic carbocycles. The van der Waals surface area contributed by atoms with E-state index in [1.165, 1.54) is 0 Å². The molecule has 0 aromatic carbocycles. The summed E-state index contributed by atoms with van der Waals surface area (Å²) in [5.41, 5.74) is 0. The standard InChI is InChI=1S/C7H14F2O3S.K/c8-7(9)5-3-1-2-4-6-13(10,11)12;/h7H,1-6H2,(H,10,11,12);/q;+1/p-1. The van der Waals surface area contributed by atoms with Gasteiger partial charge in [0.25, 0.3) is 0 Å². The summed E-state index contributed by atoms with van der Waals surface area (Å²) in [4.78, 5) is 0. The number of halogens is 2. The molecule has 0 bridgehead atoms. The molecular formula is C7H13F2KO3S. The molecule has 0 radical (unpaired) electrons. The Bertz CT molecular complexity index is 219. The molecule has 80 valence electrons. The Morgan fingerprint density at radius 3 is 2.00 bits per heavy atom. The van der Waals surface area contributed by atoms with Gasteiger partial charge in [-0.05, 0) is 12.8 Å². The van der Waals surface area contributed by atoms with E-state index in [1.54, 1.807) is 0 Å². The molecule has 0 N–H and O–H groups in total. The van der Waals surface area contributed by atoms with Crippen LogP contribution in [0.2, 0.25) is 0 Å². The van der Waals surface area contributed by atoms with Gasteiger partial charge in [-0.3, -0.25) is 0 Å². The second kappa shape index (κ2) is 9.62. The Hall–Kier alpha value is 1.41. The number of alkyl halides is 2. The van der Waals surface area contributed by atoms with Crippen molar-refractivity contribution < 1.29 is 73.1 Å². The first-order chi connectivity index (χ1) is 5.92. The van der Waals surface area contributed by atoms with Crippen LogP contribution in [0.3, 0.4) is 0 Å². The first kappa shape index (κ1) is 17.8. The van der Waals surface area contributed by atoms with Crippen LogP contribution < -0.4 is 51.4 Å². The van der Waals surface area contributed by atoms with E-state index in [4.69, 9.17) is 0 Å². The molecule has 0 spiro atoms. The quantitative estimate of drug-likeness (QED) is 0.324. The summed E-state index contributed by atoms with van der Waals surface area (Å²) in [5, 5.41) is 0. The van der Waals surface area contributed by atoms with Crippen molar-refractivity contribution in [3.05, 3.63) is 0 Å². The summed E-state index contributed by atoms with van der Waals surface area (Å²) in [7, 11) is -4.13. The Morgan fingerprint density at radius 2 is 1.57 bits per heavy atom. The van der Waals surface area contributed by atoms with Crippen molar-refractivity contribution in [2.45, 2.75) is 38.5 Å². The SMILES string of the molecule is O=S(=O)([O-])CCCCCCC(F)F.[K+]. The van der Waals surface area contributed by atoms with Crippen LogP contribution in [0.25, 0.3) is 0 Å². The van der Waals surface area contributed by atoms with Crippen LogP contribution in [-0.4, -0.2) is 25.1 Å². The molecule has 0 amide bonds. The molecule has 7 heteroatoms. The van der Waals surface area contributed by atoms with Crippen LogP contribution in [-0.2, 0) is 10.1 Å². The number of unbranched alkanes of at least 4 members (excludes halogenated alkanes) is 3. The van der Waals surface area contributed by atoms with Crippen molar-refractivity contribution in [1.29, 1.82) is 0 Å². The van der Waals surface area contributed by atoms with Gasteiger partial charge in [0.2, 0.25) is 6.43 Å². The Morgan fingerprint density at radius 1 is 1.07 bits per heavy atom. The normalized spacial score (nSPS) is 11.4. The minimum absolute atomic E-state index is 0. The maximum atomic E-state index is 11.6. The minimum atomic E-state index is -4.13. The van der Waals surface area contributed by atoms with Gasteiger partial charge in [-0.25, -0.2) is 17.2 Å². The third-order valence-corrected chi connectivity index (χ3v) is 2.36. The Balaban J connectivity index is 0. The van der Waals surface area contributed by atoms with Crippen LogP contribution in [0.4, 0.5) is 8.78 Å². The molecule has 0 heterocycles. The molecule has 0 aliphatic rings. The molecule has 14 heavy (non-hydrogen) atoms. The monoisotopic (exact) mass is 254 g/mol. The van der Waals surface area contributed by atoms with Crippen molar-refractivity contribution in [3.8, 4) is 0 Å². The van der Waals surface area contributed by atoms with Crippen molar-refractivity contribution in [2.75, 3.05) is 5.75 Å². The zero-order valence-electron chi connectivity index (χ0n) is 8.21. The van der Waals surface area contributed by atoms with Crippen molar-refractivity contribution in [3.63, 3.8) is 0 Å². The zero-order valence-corrected chi connectivity index (χ0v) is 12.1. The van der Waals surface area contributed by atoms with E-state index in [1.807, 2.05) is 0 Å². The largest absolute Gasteiger partial charge is 1.00 e. The molecule has 0 saturated carbocycles. The molecule has 0 atom stereocenters. The van der Waals surface area contributed by atoms with Gasteiger partial charge < -0.3 is 4.55 Å². The number of hydrogen-bond donors (Lipinski definition) is 0. The number of rotatable bonds is 7. The minimum Gasteiger partial charge on any atom is -0.748 e. The van der Waals surface area contributed by atoms with Gasteiger partial charge in [0, 0.05) is 12.2 Å². The Kier molecular flexibility index (Phi) is 12.2. The van der Waals surface area contributed by atoms with Crippen molar-refractivity contribution in [1.82, 2.24) is 0 Å². The van der Waals surface area contributed by atoms with E-state index in [0.717, 1.165) is 0 Å². The predicted molar refractivity (Wildman–Crippen MR) is 43.7 cm³/mol. The Labute approximate surface area is 126 Å². The van der Waals surface area contributed by atoms with E-state index in [0.29, 0.717) is 19.3 Å². The van der Waals surface area contributed by atoms with E-state index >= 15 is 0 Å². The fourth-order valence-electron chi connectivity index (χ4n) is 0.931.